The molecule has 0 bridgehead atoms. The van der Waals surface area contributed by atoms with E-state index in [0.717, 1.165) is 55.3 Å². The van der Waals surface area contributed by atoms with Crippen LogP contribution >= 0.6 is 11.6 Å². The number of hydrogen-bond donors (Lipinski definition) is 1. The normalized spacial score (nSPS) is 15.9. The fraction of sp³-hybridized carbons (Fsp3) is 0.269. The molecule has 1 fully saturated rings. The Hall–Kier alpha value is -3.02. The molecule has 6 heteroatoms. The van der Waals surface area contributed by atoms with Crippen LogP contribution in [0.5, 0.6) is 5.75 Å². The van der Waals surface area contributed by atoms with E-state index in [1.807, 2.05) is 36.4 Å². The predicted octanol–water partition coefficient (Wildman–Crippen LogP) is 5.33. The Morgan fingerprint density at radius 3 is 2.41 bits per heavy atom. The molecule has 164 valence electrons. The predicted molar refractivity (Wildman–Crippen MR) is 131 cm³/mol. The van der Waals surface area contributed by atoms with Gasteiger partial charge in [0.05, 0.1) is 22.8 Å². The number of hydrogen-bond acceptors (Lipinski definition) is 4. The quantitative estimate of drug-likeness (QED) is 0.450. The molecule has 0 spiro atoms. The molecule has 1 aliphatic heterocycles. The van der Waals surface area contributed by atoms with Gasteiger partial charge < -0.3 is 14.6 Å². The smallest absolute Gasteiger partial charge is 0.138 e. The van der Waals surface area contributed by atoms with Crippen molar-refractivity contribution in [3.63, 3.8) is 0 Å². The molecule has 1 saturated heterocycles. The second-order valence-corrected chi connectivity index (χ2v) is 8.80. The van der Waals surface area contributed by atoms with Gasteiger partial charge in [-0.2, -0.15) is 0 Å². The molecule has 1 atom stereocenters. The van der Waals surface area contributed by atoms with Crippen molar-refractivity contribution in [3.05, 3.63) is 89.2 Å². The molecule has 0 aliphatic carbocycles. The Morgan fingerprint density at radius 1 is 0.938 bits per heavy atom. The maximum Gasteiger partial charge on any atom is 0.138 e. The molecule has 3 aromatic carbocycles. The van der Waals surface area contributed by atoms with Crippen molar-refractivity contribution in [1.29, 1.82) is 0 Å². The average Bonchev–Trinajstić information content (AvgIpc) is 3.17. The Kier molecular flexibility index (Phi) is 5.77. The van der Waals surface area contributed by atoms with Crippen LogP contribution in [0.4, 0.5) is 5.69 Å². The summed E-state index contributed by atoms with van der Waals surface area (Å²) in [6, 6.07) is 24.2. The number of phenolic OH excluding ortho intramolecular Hbond substituents is 1. The lowest BCUT2D eigenvalue weighted by Crippen LogP contribution is -2.47. The number of benzene rings is 3. The van der Waals surface area contributed by atoms with Crippen LogP contribution in [-0.4, -0.2) is 45.7 Å². The fourth-order valence-electron chi connectivity index (χ4n) is 4.62. The molecule has 0 unspecified atom stereocenters. The SMILES string of the molecule is C[C@@H](c1nc2cc(Cl)ccc2n1Cc1ccccc1)N1CCN(c2ccccc2O)CC1. The number of imidazole rings is 1. The van der Waals surface area contributed by atoms with Crippen LogP contribution in [0.15, 0.2) is 72.8 Å². The van der Waals surface area contributed by atoms with Crippen molar-refractivity contribution < 1.29 is 5.11 Å². The van der Waals surface area contributed by atoms with E-state index in [9.17, 15) is 5.11 Å². The molecule has 0 amide bonds. The van der Waals surface area contributed by atoms with E-state index in [1.165, 1.54) is 5.56 Å². The second-order valence-electron chi connectivity index (χ2n) is 8.36. The number of aromatic hydroxyl groups is 1. The van der Waals surface area contributed by atoms with Gasteiger partial charge in [0.1, 0.15) is 11.6 Å². The minimum atomic E-state index is 0.163. The standard InChI is InChI=1S/C26H27ClN4O/c1-19(29-13-15-30(16-14-29)24-9-5-6-10-25(24)32)26-28-22-17-21(27)11-12-23(22)31(26)18-20-7-3-2-4-8-20/h2-12,17,19,32H,13-16,18H2,1H3/t19-/m0/s1. The minimum Gasteiger partial charge on any atom is -0.506 e. The molecule has 5 rings (SSSR count). The van der Waals surface area contributed by atoms with Crippen LogP contribution in [0, 0.1) is 0 Å². The van der Waals surface area contributed by atoms with Crippen LogP contribution < -0.4 is 4.90 Å². The summed E-state index contributed by atoms with van der Waals surface area (Å²) in [5, 5.41) is 10.9. The molecule has 1 N–H and O–H groups in total. The monoisotopic (exact) mass is 446 g/mol. The number of anilines is 1. The highest BCUT2D eigenvalue weighted by Gasteiger charge is 2.27. The Labute approximate surface area is 193 Å². The van der Waals surface area contributed by atoms with Gasteiger partial charge in [0.2, 0.25) is 0 Å². The summed E-state index contributed by atoms with van der Waals surface area (Å²) in [5.41, 5.74) is 4.20. The average molecular weight is 447 g/mol. The first-order valence-corrected chi connectivity index (χ1v) is 11.4. The highest BCUT2D eigenvalue weighted by atomic mass is 35.5. The topological polar surface area (TPSA) is 44.5 Å². The summed E-state index contributed by atoms with van der Waals surface area (Å²) in [6.45, 7) is 6.56. The zero-order chi connectivity index (χ0) is 22.1. The molecular weight excluding hydrogens is 420 g/mol. The van der Waals surface area contributed by atoms with E-state index in [4.69, 9.17) is 16.6 Å². The van der Waals surface area contributed by atoms with E-state index >= 15 is 0 Å². The van der Waals surface area contributed by atoms with Gasteiger partial charge in [-0.15, -0.1) is 0 Å². The van der Waals surface area contributed by atoms with Crippen LogP contribution in [0.25, 0.3) is 11.0 Å². The van der Waals surface area contributed by atoms with E-state index in [0.29, 0.717) is 10.8 Å². The van der Waals surface area contributed by atoms with Crippen molar-refractivity contribution in [2.45, 2.75) is 19.5 Å². The summed E-state index contributed by atoms with van der Waals surface area (Å²) < 4.78 is 2.32. The van der Waals surface area contributed by atoms with E-state index < -0.39 is 0 Å². The zero-order valence-corrected chi connectivity index (χ0v) is 18.9. The van der Waals surface area contributed by atoms with Crippen molar-refractivity contribution in [2.75, 3.05) is 31.1 Å². The third-order valence-corrected chi connectivity index (χ3v) is 6.62. The third kappa shape index (κ3) is 4.06. The molecule has 5 nitrogen and oxygen atoms in total. The number of rotatable bonds is 5. The summed E-state index contributed by atoms with van der Waals surface area (Å²) in [5.74, 6) is 1.40. The van der Waals surface area contributed by atoms with Crippen LogP contribution in [0.1, 0.15) is 24.4 Å². The third-order valence-electron chi connectivity index (χ3n) is 6.38. The lowest BCUT2D eigenvalue weighted by Gasteiger charge is -2.39. The van der Waals surface area contributed by atoms with E-state index in [2.05, 4.69) is 51.6 Å². The van der Waals surface area contributed by atoms with Crippen LogP contribution in [0.2, 0.25) is 5.02 Å². The van der Waals surface area contributed by atoms with Gasteiger partial charge >= 0.3 is 0 Å². The van der Waals surface area contributed by atoms with Crippen LogP contribution in [-0.2, 0) is 6.54 Å². The second kappa shape index (κ2) is 8.85. The number of para-hydroxylation sites is 2. The lowest BCUT2D eigenvalue weighted by atomic mass is 10.1. The fourth-order valence-corrected chi connectivity index (χ4v) is 4.78. The van der Waals surface area contributed by atoms with Gasteiger partial charge in [-0.25, -0.2) is 4.98 Å². The van der Waals surface area contributed by atoms with Gasteiger partial charge in [-0.3, -0.25) is 4.90 Å². The number of fused-ring (bicyclic) bond motifs is 1. The summed E-state index contributed by atoms with van der Waals surface area (Å²) in [4.78, 5) is 9.75. The summed E-state index contributed by atoms with van der Waals surface area (Å²) in [6.07, 6.45) is 0. The zero-order valence-electron chi connectivity index (χ0n) is 18.2. The highest BCUT2D eigenvalue weighted by molar-refractivity contribution is 6.31. The number of phenols is 1. The highest BCUT2D eigenvalue weighted by Crippen LogP contribution is 2.31. The van der Waals surface area contributed by atoms with Crippen LogP contribution in [0.3, 0.4) is 0 Å². The molecule has 1 aliphatic rings. The van der Waals surface area contributed by atoms with Crippen molar-refractivity contribution in [1.82, 2.24) is 14.5 Å². The Bertz CT molecular complexity index is 1220. The first-order chi connectivity index (χ1) is 15.6. The molecule has 4 aromatic rings. The summed E-state index contributed by atoms with van der Waals surface area (Å²) >= 11 is 6.27. The number of halogens is 1. The molecule has 32 heavy (non-hydrogen) atoms. The maximum atomic E-state index is 10.2. The number of nitrogens with zero attached hydrogens (tertiary/aromatic N) is 4. The molecule has 0 saturated carbocycles. The van der Waals surface area contributed by atoms with Crippen molar-refractivity contribution in [2.24, 2.45) is 0 Å². The molecule has 0 radical (unpaired) electrons. The number of aromatic nitrogens is 2. The molecule has 2 heterocycles. The van der Waals surface area contributed by atoms with E-state index in [-0.39, 0.29) is 6.04 Å². The van der Waals surface area contributed by atoms with Crippen molar-refractivity contribution in [3.8, 4) is 5.75 Å². The Balaban J connectivity index is 1.41. The first-order valence-electron chi connectivity index (χ1n) is 11.1. The van der Waals surface area contributed by atoms with Gasteiger partial charge in [0, 0.05) is 37.7 Å². The largest absolute Gasteiger partial charge is 0.506 e. The minimum absolute atomic E-state index is 0.163. The van der Waals surface area contributed by atoms with Gasteiger partial charge in [0.15, 0.2) is 0 Å². The molecular formula is C26H27ClN4O. The Morgan fingerprint density at radius 2 is 1.66 bits per heavy atom. The van der Waals surface area contributed by atoms with Gasteiger partial charge in [-0.05, 0) is 42.8 Å². The van der Waals surface area contributed by atoms with E-state index in [1.54, 1.807) is 6.07 Å². The molecule has 1 aromatic heterocycles. The lowest BCUT2D eigenvalue weighted by molar-refractivity contribution is 0.188. The van der Waals surface area contributed by atoms with Gasteiger partial charge in [-0.1, -0.05) is 54.1 Å². The number of piperazine rings is 1. The van der Waals surface area contributed by atoms with Crippen molar-refractivity contribution >= 4 is 28.3 Å². The van der Waals surface area contributed by atoms with Gasteiger partial charge in [0.25, 0.3) is 0 Å². The first kappa shape index (κ1) is 20.9. The maximum absolute atomic E-state index is 10.2. The summed E-state index contributed by atoms with van der Waals surface area (Å²) in [7, 11) is 0.